The van der Waals surface area contributed by atoms with Gasteiger partial charge < -0.3 is 14.5 Å². The van der Waals surface area contributed by atoms with E-state index in [9.17, 15) is 14.4 Å². The minimum atomic E-state index is -0.256. The van der Waals surface area contributed by atoms with E-state index >= 15 is 0 Å². The maximum absolute atomic E-state index is 12.5. The van der Waals surface area contributed by atoms with Gasteiger partial charge in [0.2, 0.25) is 5.91 Å². The molecule has 2 aliphatic rings. The zero-order chi connectivity index (χ0) is 16.6. The van der Waals surface area contributed by atoms with Gasteiger partial charge in [-0.1, -0.05) is 6.08 Å². The third-order valence-corrected chi connectivity index (χ3v) is 4.16. The van der Waals surface area contributed by atoms with Crippen LogP contribution in [0.5, 0.6) is 0 Å². The second kappa shape index (κ2) is 5.96. The van der Waals surface area contributed by atoms with Crippen LogP contribution < -0.4 is 0 Å². The van der Waals surface area contributed by atoms with Crippen molar-refractivity contribution in [2.24, 2.45) is 0 Å². The molecule has 8 nitrogen and oxygen atoms in total. The monoisotopic (exact) mass is 318 g/mol. The van der Waals surface area contributed by atoms with Crippen molar-refractivity contribution in [2.45, 2.75) is 19.1 Å². The average Bonchev–Trinajstić information content (AvgIpc) is 3.16. The summed E-state index contributed by atoms with van der Waals surface area (Å²) in [6.45, 7) is 6.30. The fourth-order valence-corrected chi connectivity index (χ4v) is 2.99. The molecule has 8 heteroatoms. The molecule has 2 fully saturated rings. The first-order chi connectivity index (χ1) is 11.0. The molecule has 2 amide bonds. The van der Waals surface area contributed by atoms with Gasteiger partial charge in [0.15, 0.2) is 5.78 Å². The fraction of sp³-hybridized carbons (Fsp3) is 0.467. The van der Waals surface area contributed by atoms with Crippen molar-refractivity contribution < 1.29 is 19.1 Å². The van der Waals surface area contributed by atoms with Crippen LogP contribution in [-0.4, -0.2) is 76.0 Å². The van der Waals surface area contributed by atoms with Crippen LogP contribution in [-0.2, 0) is 9.53 Å². The van der Waals surface area contributed by atoms with E-state index < -0.39 is 0 Å². The first kappa shape index (κ1) is 15.4. The van der Waals surface area contributed by atoms with E-state index in [1.807, 2.05) is 0 Å². The molecule has 2 aliphatic heterocycles. The van der Waals surface area contributed by atoms with Gasteiger partial charge in [0.1, 0.15) is 18.0 Å². The first-order valence-corrected chi connectivity index (χ1v) is 7.39. The first-order valence-electron chi connectivity index (χ1n) is 7.39. The van der Waals surface area contributed by atoms with E-state index in [-0.39, 0.29) is 47.7 Å². The Morgan fingerprint density at radius 3 is 2.96 bits per heavy atom. The Labute approximate surface area is 133 Å². The predicted molar refractivity (Wildman–Crippen MR) is 79.9 cm³/mol. The van der Waals surface area contributed by atoms with Gasteiger partial charge in [-0.2, -0.15) is 5.10 Å². The Morgan fingerprint density at radius 1 is 1.52 bits per heavy atom. The fourth-order valence-electron chi connectivity index (χ4n) is 2.99. The molecular weight excluding hydrogens is 300 g/mol. The summed E-state index contributed by atoms with van der Waals surface area (Å²) in [6, 6.07) is 1.27. The number of Topliss-reactive ketones (excluding diaryl/α,β-unsaturated/α-hetero) is 1. The highest BCUT2D eigenvalue weighted by Gasteiger charge is 2.44. The zero-order valence-corrected chi connectivity index (χ0v) is 12.8. The van der Waals surface area contributed by atoms with Crippen molar-refractivity contribution in [3.8, 4) is 0 Å². The normalized spacial score (nSPS) is 23.8. The summed E-state index contributed by atoms with van der Waals surface area (Å²) in [5, 5.41) is 6.41. The number of carbonyl (C=O) groups is 3. The number of morpholine rings is 1. The van der Waals surface area contributed by atoms with E-state index in [4.69, 9.17) is 4.74 Å². The molecule has 0 saturated carbocycles. The quantitative estimate of drug-likeness (QED) is 0.615. The summed E-state index contributed by atoms with van der Waals surface area (Å²) in [5.74, 6) is -0.559. The molecule has 1 aromatic heterocycles. The number of amides is 2. The van der Waals surface area contributed by atoms with E-state index in [1.165, 1.54) is 13.0 Å². The van der Waals surface area contributed by atoms with E-state index in [2.05, 4.69) is 16.8 Å². The second-order valence-corrected chi connectivity index (χ2v) is 5.68. The number of fused-ring (bicyclic) bond motifs is 1. The lowest BCUT2D eigenvalue weighted by atomic mass is 10.1. The largest absolute Gasteiger partial charge is 0.364 e. The van der Waals surface area contributed by atoms with Gasteiger partial charge in [-0.15, -0.1) is 6.58 Å². The minimum absolute atomic E-state index is 0.0234. The minimum Gasteiger partial charge on any atom is -0.364 e. The molecule has 2 atom stereocenters. The third kappa shape index (κ3) is 2.77. The van der Waals surface area contributed by atoms with E-state index in [1.54, 1.807) is 15.9 Å². The Kier molecular flexibility index (Phi) is 3.99. The van der Waals surface area contributed by atoms with Gasteiger partial charge in [-0.05, 0) is 6.07 Å². The number of ether oxygens (including phenoxy) is 1. The number of likely N-dealkylation sites (tertiary alicyclic amines) is 1. The number of H-pyrrole nitrogens is 1. The van der Waals surface area contributed by atoms with Gasteiger partial charge in [0.05, 0.1) is 12.1 Å². The average molecular weight is 318 g/mol. The molecule has 0 aromatic carbocycles. The molecule has 0 spiro atoms. The Balaban J connectivity index is 1.75. The van der Waals surface area contributed by atoms with Crippen LogP contribution in [0.1, 0.15) is 27.9 Å². The molecule has 0 radical (unpaired) electrons. The number of nitrogens with zero attached hydrogens (tertiary/aromatic N) is 3. The summed E-state index contributed by atoms with van der Waals surface area (Å²) in [6.07, 6.45) is 1.46. The van der Waals surface area contributed by atoms with Gasteiger partial charge >= 0.3 is 0 Å². The Bertz CT molecular complexity index is 668. The van der Waals surface area contributed by atoms with Gasteiger partial charge in [-0.25, -0.2) is 0 Å². The summed E-state index contributed by atoms with van der Waals surface area (Å²) >= 11 is 0. The maximum atomic E-state index is 12.5. The van der Waals surface area contributed by atoms with Crippen LogP contribution in [0.15, 0.2) is 18.7 Å². The van der Waals surface area contributed by atoms with E-state index in [0.29, 0.717) is 19.6 Å². The molecule has 1 N–H and O–H groups in total. The highest BCUT2D eigenvalue weighted by Crippen LogP contribution is 2.24. The molecule has 0 aliphatic carbocycles. The number of nitrogens with one attached hydrogen (secondary N) is 1. The molecular formula is C15H18N4O4. The number of aromatic amines is 1. The maximum Gasteiger partial charge on any atom is 0.272 e. The number of carbonyl (C=O) groups excluding carboxylic acids is 3. The number of ketones is 1. The van der Waals surface area contributed by atoms with Crippen LogP contribution in [0, 0.1) is 0 Å². The number of hydrogen-bond acceptors (Lipinski definition) is 5. The Hall–Kier alpha value is -2.48. The number of hydrogen-bond donors (Lipinski definition) is 1. The van der Waals surface area contributed by atoms with Crippen LogP contribution >= 0.6 is 0 Å². The molecule has 122 valence electrons. The summed E-state index contributed by atoms with van der Waals surface area (Å²) < 4.78 is 5.55. The molecule has 2 saturated heterocycles. The standard InChI is InChI=1S/C15H18N4O4/c1-3-4-19-12-6-18(7-13(12)23-8-14(19)21)15(22)11-5-10(9(2)20)16-17-11/h3,5,12-13H,1,4,6-8H2,2H3,(H,16,17)/t12-,13-/m1/s1. The highest BCUT2D eigenvalue weighted by molar-refractivity contribution is 5.97. The smallest absolute Gasteiger partial charge is 0.272 e. The van der Waals surface area contributed by atoms with Crippen molar-refractivity contribution in [1.29, 1.82) is 0 Å². The third-order valence-electron chi connectivity index (χ3n) is 4.16. The number of aromatic nitrogens is 2. The topological polar surface area (TPSA) is 95.6 Å². The van der Waals surface area contributed by atoms with Gasteiger partial charge in [0.25, 0.3) is 5.91 Å². The van der Waals surface area contributed by atoms with Crippen molar-refractivity contribution in [3.63, 3.8) is 0 Å². The molecule has 0 bridgehead atoms. The van der Waals surface area contributed by atoms with Gasteiger partial charge in [0, 0.05) is 26.6 Å². The molecule has 23 heavy (non-hydrogen) atoms. The lowest BCUT2D eigenvalue weighted by Crippen LogP contribution is -2.53. The van der Waals surface area contributed by atoms with Crippen molar-refractivity contribution in [1.82, 2.24) is 20.0 Å². The predicted octanol–water partition coefficient (Wildman–Crippen LogP) is -0.150. The van der Waals surface area contributed by atoms with Crippen molar-refractivity contribution >= 4 is 17.6 Å². The van der Waals surface area contributed by atoms with Crippen molar-refractivity contribution in [2.75, 3.05) is 26.2 Å². The molecule has 1 aromatic rings. The van der Waals surface area contributed by atoms with Crippen molar-refractivity contribution in [3.05, 3.63) is 30.1 Å². The Morgan fingerprint density at radius 2 is 2.30 bits per heavy atom. The molecule has 0 unspecified atom stereocenters. The second-order valence-electron chi connectivity index (χ2n) is 5.68. The molecule has 3 heterocycles. The summed E-state index contributed by atoms with van der Waals surface area (Å²) in [5.41, 5.74) is 0.486. The number of rotatable bonds is 4. The highest BCUT2D eigenvalue weighted by atomic mass is 16.5. The lowest BCUT2D eigenvalue weighted by molar-refractivity contribution is -0.151. The van der Waals surface area contributed by atoms with E-state index in [0.717, 1.165) is 0 Å². The van der Waals surface area contributed by atoms with Crippen LogP contribution in [0.25, 0.3) is 0 Å². The SMILES string of the molecule is C=CCN1C(=O)CO[C@@H]2CN(C(=O)c3cc(C(C)=O)n[nH]3)C[C@H]21. The molecule has 3 rings (SSSR count). The van der Waals surface area contributed by atoms with Crippen LogP contribution in [0.4, 0.5) is 0 Å². The summed E-state index contributed by atoms with van der Waals surface area (Å²) in [4.78, 5) is 39.1. The van der Waals surface area contributed by atoms with Crippen LogP contribution in [0.3, 0.4) is 0 Å². The van der Waals surface area contributed by atoms with Crippen LogP contribution in [0.2, 0.25) is 0 Å². The zero-order valence-electron chi connectivity index (χ0n) is 12.8. The van der Waals surface area contributed by atoms with Gasteiger partial charge in [-0.3, -0.25) is 19.5 Å². The summed E-state index contributed by atoms with van der Waals surface area (Å²) in [7, 11) is 0. The lowest BCUT2D eigenvalue weighted by Gasteiger charge is -2.35.